The highest BCUT2D eigenvalue weighted by atomic mass is 35.5. The highest BCUT2D eigenvalue weighted by Gasteiger charge is 2.22. The van der Waals surface area contributed by atoms with Crippen molar-refractivity contribution in [2.45, 2.75) is 26.2 Å². The van der Waals surface area contributed by atoms with Crippen molar-refractivity contribution in [1.82, 2.24) is 9.38 Å². The summed E-state index contributed by atoms with van der Waals surface area (Å²) >= 11 is 7.92. The summed E-state index contributed by atoms with van der Waals surface area (Å²) in [4.78, 5) is 7.45. The molecule has 0 unspecified atom stereocenters. The standard InChI is InChI=1S/C15H13ClN2S/c1-9-14(10-4-2-5-11(16)8-10)17-15-18(9)12-6-3-7-13(12)19-15/h2,4-5,8H,3,6-7H2,1H3. The van der Waals surface area contributed by atoms with Crippen molar-refractivity contribution in [2.24, 2.45) is 0 Å². The van der Waals surface area contributed by atoms with Gasteiger partial charge in [-0.05, 0) is 38.3 Å². The van der Waals surface area contributed by atoms with Gasteiger partial charge in [-0.1, -0.05) is 23.7 Å². The maximum absolute atomic E-state index is 6.08. The van der Waals surface area contributed by atoms with Crippen LogP contribution in [0.15, 0.2) is 24.3 Å². The molecule has 1 aromatic carbocycles. The Morgan fingerprint density at radius 3 is 3.05 bits per heavy atom. The lowest BCUT2D eigenvalue weighted by Gasteiger charge is -2.01. The molecule has 4 heteroatoms. The monoisotopic (exact) mass is 288 g/mol. The molecule has 0 N–H and O–H groups in total. The molecule has 0 fully saturated rings. The SMILES string of the molecule is Cc1c(-c2cccc(Cl)c2)nc2sc3c(n12)CCC3. The molecule has 0 atom stereocenters. The molecule has 2 nitrogen and oxygen atoms in total. The smallest absolute Gasteiger partial charge is 0.194 e. The Morgan fingerprint density at radius 1 is 1.32 bits per heavy atom. The van der Waals surface area contributed by atoms with Gasteiger partial charge in [0.1, 0.15) is 0 Å². The van der Waals surface area contributed by atoms with E-state index in [0.717, 1.165) is 21.2 Å². The number of halogens is 1. The fourth-order valence-corrected chi connectivity index (χ4v) is 4.37. The lowest BCUT2D eigenvalue weighted by molar-refractivity contribution is 0.882. The van der Waals surface area contributed by atoms with Crippen molar-refractivity contribution in [2.75, 3.05) is 0 Å². The van der Waals surface area contributed by atoms with Crippen LogP contribution in [0.25, 0.3) is 16.2 Å². The summed E-state index contributed by atoms with van der Waals surface area (Å²) in [5.41, 5.74) is 4.87. The Bertz CT molecular complexity index is 785. The van der Waals surface area contributed by atoms with E-state index in [2.05, 4.69) is 17.4 Å². The number of nitrogens with zero attached hydrogens (tertiary/aromatic N) is 2. The fraction of sp³-hybridized carbons (Fsp3) is 0.267. The Kier molecular flexibility index (Phi) is 2.47. The Labute approximate surface area is 120 Å². The minimum atomic E-state index is 0.762. The van der Waals surface area contributed by atoms with Crippen LogP contribution < -0.4 is 0 Å². The fourth-order valence-electron chi connectivity index (χ4n) is 2.93. The van der Waals surface area contributed by atoms with Gasteiger partial charge in [0.05, 0.1) is 5.69 Å². The van der Waals surface area contributed by atoms with Crippen molar-refractivity contribution < 1.29 is 0 Å². The minimum Gasteiger partial charge on any atom is -0.291 e. The van der Waals surface area contributed by atoms with Gasteiger partial charge in [-0.2, -0.15) is 0 Å². The predicted molar refractivity (Wildman–Crippen MR) is 80.3 cm³/mol. The van der Waals surface area contributed by atoms with Crippen molar-refractivity contribution >= 4 is 27.9 Å². The zero-order chi connectivity index (χ0) is 13.0. The van der Waals surface area contributed by atoms with Crippen molar-refractivity contribution in [3.63, 3.8) is 0 Å². The number of rotatable bonds is 1. The van der Waals surface area contributed by atoms with E-state index in [-0.39, 0.29) is 0 Å². The maximum Gasteiger partial charge on any atom is 0.194 e. The molecule has 0 spiro atoms. The number of aryl methyl sites for hydroxylation is 3. The molecule has 0 bridgehead atoms. The van der Waals surface area contributed by atoms with E-state index in [1.165, 1.54) is 35.5 Å². The van der Waals surface area contributed by atoms with Gasteiger partial charge in [0.25, 0.3) is 0 Å². The van der Waals surface area contributed by atoms with Gasteiger partial charge in [0.2, 0.25) is 0 Å². The van der Waals surface area contributed by atoms with Gasteiger partial charge >= 0.3 is 0 Å². The molecule has 3 aromatic rings. The van der Waals surface area contributed by atoms with Crippen molar-refractivity contribution in [3.05, 3.63) is 45.6 Å². The Balaban J connectivity index is 1.97. The average molecular weight is 289 g/mol. The van der Waals surface area contributed by atoms with Gasteiger partial charge in [0.15, 0.2) is 4.96 Å². The molecule has 0 saturated carbocycles. The number of thiazole rings is 1. The molecule has 0 radical (unpaired) electrons. The quantitative estimate of drug-likeness (QED) is 0.644. The highest BCUT2D eigenvalue weighted by molar-refractivity contribution is 7.17. The summed E-state index contributed by atoms with van der Waals surface area (Å²) < 4.78 is 2.34. The second-order valence-electron chi connectivity index (χ2n) is 5.00. The van der Waals surface area contributed by atoms with Crippen LogP contribution in [0.3, 0.4) is 0 Å². The van der Waals surface area contributed by atoms with Gasteiger partial charge in [0, 0.05) is 26.9 Å². The van der Waals surface area contributed by atoms with Crippen LogP contribution in [-0.4, -0.2) is 9.38 Å². The summed E-state index contributed by atoms with van der Waals surface area (Å²) in [5.74, 6) is 0. The zero-order valence-corrected chi connectivity index (χ0v) is 12.2. The van der Waals surface area contributed by atoms with Crippen LogP contribution in [0, 0.1) is 6.92 Å². The summed E-state index contributed by atoms with van der Waals surface area (Å²) in [6.45, 7) is 2.15. The molecular weight excluding hydrogens is 276 g/mol. The van der Waals surface area contributed by atoms with E-state index in [4.69, 9.17) is 16.6 Å². The maximum atomic E-state index is 6.08. The first kappa shape index (κ1) is 11.5. The number of fused-ring (bicyclic) bond motifs is 3. The van der Waals surface area contributed by atoms with Crippen LogP contribution >= 0.6 is 22.9 Å². The average Bonchev–Trinajstić information content (AvgIpc) is 3.01. The minimum absolute atomic E-state index is 0.762. The van der Waals surface area contributed by atoms with Gasteiger partial charge < -0.3 is 0 Å². The van der Waals surface area contributed by atoms with E-state index in [0.29, 0.717) is 0 Å². The van der Waals surface area contributed by atoms with Gasteiger partial charge in [-0.15, -0.1) is 11.3 Å². The Morgan fingerprint density at radius 2 is 2.21 bits per heavy atom. The van der Waals surface area contributed by atoms with Gasteiger partial charge in [-0.25, -0.2) is 4.98 Å². The highest BCUT2D eigenvalue weighted by Crippen LogP contribution is 2.35. The lowest BCUT2D eigenvalue weighted by atomic mass is 10.1. The summed E-state index contributed by atoms with van der Waals surface area (Å²) in [7, 11) is 0. The summed E-state index contributed by atoms with van der Waals surface area (Å²) in [6.07, 6.45) is 3.68. The van der Waals surface area contributed by atoms with Crippen LogP contribution in [0.2, 0.25) is 5.02 Å². The molecule has 19 heavy (non-hydrogen) atoms. The van der Waals surface area contributed by atoms with Gasteiger partial charge in [-0.3, -0.25) is 4.40 Å². The first-order chi connectivity index (χ1) is 9.24. The third kappa shape index (κ3) is 1.65. The third-order valence-electron chi connectivity index (χ3n) is 3.80. The predicted octanol–water partition coefficient (Wildman–Crippen LogP) is 4.51. The molecule has 1 aliphatic rings. The first-order valence-corrected chi connectivity index (χ1v) is 7.69. The number of hydrogen-bond donors (Lipinski definition) is 0. The van der Waals surface area contributed by atoms with Crippen LogP contribution in [-0.2, 0) is 12.8 Å². The summed E-state index contributed by atoms with van der Waals surface area (Å²) in [6, 6.07) is 7.94. The van der Waals surface area contributed by atoms with E-state index >= 15 is 0 Å². The van der Waals surface area contributed by atoms with Crippen LogP contribution in [0.1, 0.15) is 22.7 Å². The molecular formula is C15H13ClN2S. The van der Waals surface area contributed by atoms with Crippen LogP contribution in [0.5, 0.6) is 0 Å². The van der Waals surface area contributed by atoms with E-state index in [9.17, 15) is 0 Å². The van der Waals surface area contributed by atoms with Crippen LogP contribution in [0.4, 0.5) is 0 Å². The third-order valence-corrected chi connectivity index (χ3v) is 5.18. The van der Waals surface area contributed by atoms with E-state index in [1.807, 2.05) is 29.5 Å². The van der Waals surface area contributed by atoms with Crippen molar-refractivity contribution in [3.8, 4) is 11.3 Å². The molecule has 2 aromatic heterocycles. The lowest BCUT2D eigenvalue weighted by Crippen LogP contribution is -1.91. The van der Waals surface area contributed by atoms with Crippen molar-refractivity contribution in [1.29, 1.82) is 0 Å². The zero-order valence-electron chi connectivity index (χ0n) is 10.6. The molecule has 2 heterocycles. The molecule has 0 saturated heterocycles. The number of benzene rings is 1. The molecule has 4 rings (SSSR count). The van der Waals surface area contributed by atoms with E-state index in [1.54, 1.807) is 0 Å². The molecule has 1 aliphatic carbocycles. The number of imidazole rings is 1. The molecule has 0 amide bonds. The normalized spacial score (nSPS) is 14.2. The first-order valence-electron chi connectivity index (χ1n) is 6.49. The molecule has 96 valence electrons. The topological polar surface area (TPSA) is 17.3 Å². The summed E-state index contributed by atoms with van der Waals surface area (Å²) in [5, 5.41) is 0.762. The number of hydrogen-bond acceptors (Lipinski definition) is 2. The van der Waals surface area contributed by atoms with E-state index < -0.39 is 0 Å². The largest absolute Gasteiger partial charge is 0.291 e. The number of aromatic nitrogens is 2. The Hall–Kier alpha value is -1.32. The second kappa shape index (κ2) is 4.09. The second-order valence-corrected chi connectivity index (χ2v) is 6.50. The molecule has 0 aliphatic heterocycles.